The molecule has 0 N–H and O–H groups in total. The minimum absolute atomic E-state index is 0.0660. The maximum Gasteiger partial charge on any atom is 0.269 e. The van der Waals surface area contributed by atoms with E-state index in [1.807, 2.05) is 6.07 Å². The zero-order valence-electron chi connectivity index (χ0n) is 10.6. The molecule has 1 atom stereocenters. The molecule has 0 saturated carbocycles. The van der Waals surface area contributed by atoms with Gasteiger partial charge in [-0.15, -0.1) is 11.3 Å². The maximum absolute atomic E-state index is 12.4. The summed E-state index contributed by atoms with van der Waals surface area (Å²) in [7, 11) is 0. The third-order valence-corrected chi connectivity index (χ3v) is 3.84. The van der Waals surface area contributed by atoms with Crippen LogP contribution in [0.5, 0.6) is 0 Å². The van der Waals surface area contributed by atoms with Gasteiger partial charge in [0.25, 0.3) is 5.69 Å². The summed E-state index contributed by atoms with van der Waals surface area (Å²) < 4.78 is 0. The molecule has 100 valence electrons. The SMILES string of the molecule is Cc1cc([N+](=O)[O-])ccc1C(=O)C(C#N)c1cccs1. The van der Waals surface area contributed by atoms with Crippen molar-refractivity contribution >= 4 is 22.8 Å². The number of Topliss-reactive ketones (excluding diaryl/α,β-unsaturated/α-hetero) is 1. The standard InChI is InChI=1S/C14H10N2O3S/c1-9-7-10(16(18)19)4-5-11(9)14(17)12(8-15)13-3-2-6-20-13/h2-7,12H,1H3. The number of aryl methyl sites for hydroxylation is 1. The molecule has 1 aromatic heterocycles. The first-order valence-corrected chi connectivity index (χ1v) is 6.65. The lowest BCUT2D eigenvalue weighted by atomic mass is 9.94. The van der Waals surface area contributed by atoms with Crippen molar-refractivity contribution in [1.29, 1.82) is 5.26 Å². The number of hydrogen-bond donors (Lipinski definition) is 0. The summed E-state index contributed by atoms with van der Waals surface area (Å²) in [6.07, 6.45) is 0. The van der Waals surface area contributed by atoms with Crippen LogP contribution in [-0.4, -0.2) is 10.7 Å². The van der Waals surface area contributed by atoms with Crippen LogP contribution < -0.4 is 0 Å². The van der Waals surface area contributed by atoms with Crippen LogP contribution in [0.2, 0.25) is 0 Å². The van der Waals surface area contributed by atoms with Gasteiger partial charge in [-0.1, -0.05) is 6.07 Å². The van der Waals surface area contributed by atoms with Crippen LogP contribution in [0.15, 0.2) is 35.7 Å². The Morgan fingerprint density at radius 1 is 1.45 bits per heavy atom. The summed E-state index contributed by atoms with van der Waals surface area (Å²) in [6.45, 7) is 1.63. The molecule has 5 nitrogen and oxygen atoms in total. The van der Waals surface area contributed by atoms with Crippen LogP contribution in [0.3, 0.4) is 0 Å². The fourth-order valence-corrected chi connectivity index (χ4v) is 2.67. The third kappa shape index (κ3) is 2.58. The molecule has 0 saturated heterocycles. The summed E-state index contributed by atoms with van der Waals surface area (Å²) in [5.74, 6) is -1.20. The van der Waals surface area contributed by atoms with Crippen molar-refractivity contribution < 1.29 is 9.72 Å². The number of thiophene rings is 1. The molecule has 2 rings (SSSR count). The Kier molecular flexibility index (Phi) is 3.91. The van der Waals surface area contributed by atoms with Crippen LogP contribution in [0, 0.1) is 28.4 Å². The summed E-state index contributed by atoms with van der Waals surface area (Å²) in [5, 5.41) is 21.7. The van der Waals surface area contributed by atoms with Crippen LogP contribution >= 0.6 is 11.3 Å². The second-order valence-corrected chi connectivity index (χ2v) is 5.18. The van der Waals surface area contributed by atoms with E-state index in [4.69, 9.17) is 0 Å². The highest BCUT2D eigenvalue weighted by Gasteiger charge is 2.24. The van der Waals surface area contributed by atoms with Gasteiger partial charge in [-0.2, -0.15) is 5.26 Å². The molecule has 1 unspecified atom stereocenters. The normalized spacial score (nSPS) is 11.6. The second kappa shape index (κ2) is 5.63. The highest BCUT2D eigenvalue weighted by Crippen LogP contribution is 2.27. The van der Waals surface area contributed by atoms with Gasteiger partial charge in [-0.3, -0.25) is 14.9 Å². The predicted molar refractivity (Wildman–Crippen MR) is 74.8 cm³/mol. The van der Waals surface area contributed by atoms with E-state index in [-0.39, 0.29) is 11.5 Å². The van der Waals surface area contributed by atoms with Gasteiger partial charge in [0.05, 0.1) is 11.0 Å². The monoisotopic (exact) mass is 286 g/mol. The number of nitrogens with zero attached hydrogens (tertiary/aromatic N) is 2. The van der Waals surface area contributed by atoms with Gasteiger partial charge in [-0.25, -0.2) is 0 Å². The fourth-order valence-electron chi connectivity index (χ4n) is 1.90. The van der Waals surface area contributed by atoms with Gasteiger partial charge in [-0.05, 0) is 30.0 Å². The number of benzene rings is 1. The van der Waals surface area contributed by atoms with Crippen molar-refractivity contribution in [2.75, 3.05) is 0 Å². The van der Waals surface area contributed by atoms with E-state index >= 15 is 0 Å². The molecule has 6 heteroatoms. The molecule has 0 aliphatic rings. The lowest BCUT2D eigenvalue weighted by Crippen LogP contribution is -2.11. The molecule has 2 aromatic rings. The minimum atomic E-state index is -0.866. The van der Waals surface area contributed by atoms with Crippen LogP contribution in [0.25, 0.3) is 0 Å². The smallest absolute Gasteiger partial charge is 0.269 e. The summed E-state index contributed by atoms with van der Waals surface area (Å²) in [6, 6.07) is 9.54. The number of carbonyl (C=O) groups is 1. The van der Waals surface area contributed by atoms with Gasteiger partial charge in [0, 0.05) is 22.6 Å². The Balaban J connectivity index is 2.39. The molecular weight excluding hydrogens is 276 g/mol. The zero-order valence-corrected chi connectivity index (χ0v) is 11.4. The Morgan fingerprint density at radius 2 is 2.20 bits per heavy atom. The quantitative estimate of drug-likeness (QED) is 0.489. The van der Waals surface area contributed by atoms with E-state index in [1.54, 1.807) is 24.4 Å². The van der Waals surface area contributed by atoms with E-state index in [0.29, 0.717) is 16.0 Å². The van der Waals surface area contributed by atoms with E-state index in [2.05, 4.69) is 0 Å². The lowest BCUT2D eigenvalue weighted by Gasteiger charge is -2.08. The molecule has 0 aliphatic heterocycles. The first-order valence-electron chi connectivity index (χ1n) is 5.77. The summed E-state index contributed by atoms with van der Waals surface area (Å²) >= 11 is 1.34. The highest BCUT2D eigenvalue weighted by atomic mass is 32.1. The number of carbonyl (C=O) groups excluding carboxylic acids is 1. The van der Waals surface area contributed by atoms with Crippen LogP contribution in [0.4, 0.5) is 5.69 Å². The number of nitriles is 1. The molecule has 1 heterocycles. The highest BCUT2D eigenvalue weighted by molar-refractivity contribution is 7.10. The Bertz CT molecular complexity index is 702. The largest absolute Gasteiger partial charge is 0.292 e. The molecule has 0 fully saturated rings. The number of nitro benzene ring substituents is 1. The molecule has 0 amide bonds. The van der Waals surface area contributed by atoms with Gasteiger partial charge in [0.1, 0.15) is 5.92 Å². The van der Waals surface area contributed by atoms with Crippen molar-refractivity contribution in [1.82, 2.24) is 0 Å². The number of ketones is 1. The average Bonchev–Trinajstić information content (AvgIpc) is 2.93. The van der Waals surface area contributed by atoms with Gasteiger partial charge < -0.3 is 0 Å². The van der Waals surface area contributed by atoms with E-state index < -0.39 is 10.8 Å². The topological polar surface area (TPSA) is 84.0 Å². The zero-order chi connectivity index (χ0) is 14.7. The van der Waals surface area contributed by atoms with Crippen LogP contribution in [0.1, 0.15) is 26.7 Å². The molecule has 20 heavy (non-hydrogen) atoms. The first kappa shape index (κ1) is 13.9. The Labute approximate surface area is 119 Å². The molecule has 0 radical (unpaired) electrons. The molecule has 0 aliphatic carbocycles. The average molecular weight is 286 g/mol. The fraction of sp³-hybridized carbons (Fsp3) is 0.143. The molecule has 1 aromatic carbocycles. The van der Waals surface area contributed by atoms with Crippen molar-refractivity contribution in [3.63, 3.8) is 0 Å². The maximum atomic E-state index is 12.4. The third-order valence-electron chi connectivity index (χ3n) is 2.91. The molecule has 0 bridgehead atoms. The van der Waals surface area contributed by atoms with Gasteiger partial charge >= 0.3 is 0 Å². The minimum Gasteiger partial charge on any atom is -0.292 e. The predicted octanol–water partition coefficient (Wildman–Crippen LogP) is 3.45. The van der Waals surface area contributed by atoms with E-state index in [9.17, 15) is 20.2 Å². The molecule has 0 spiro atoms. The van der Waals surface area contributed by atoms with Gasteiger partial charge in [0.15, 0.2) is 5.78 Å². The van der Waals surface area contributed by atoms with Crippen molar-refractivity contribution in [3.05, 3.63) is 61.8 Å². The summed E-state index contributed by atoms with van der Waals surface area (Å²) in [4.78, 5) is 23.2. The Morgan fingerprint density at radius 3 is 2.70 bits per heavy atom. The molecular formula is C14H10N2O3S. The lowest BCUT2D eigenvalue weighted by molar-refractivity contribution is -0.384. The number of rotatable bonds is 4. The number of non-ortho nitro benzene ring substituents is 1. The van der Waals surface area contributed by atoms with Gasteiger partial charge in [0.2, 0.25) is 0 Å². The van der Waals surface area contributed by atoms with Crippen molar-refractivity contribution in [2.45, 2.75) is 12.8 Å². The van der Waals surface area contributed by atoms with E-state index in [0.717, 1.165) is 0 Å². The van der Waals surface area contributed by atoms with Crippen molar-refractivity contribution in [2.24, 2.45) is 0 Å². The number of hydrogen-bond acceptors (Lipinski definition) is 5. The van der Waals surface area contributed by atoms with Crippen LogP contribution in [-0.2, 0) is 0 Å². The Hall–Kier alpha value is -2.52. The first-order chi connectivity index (χ1) is 9.54. The summed E-state index contributed by atoms with van der Waals surface area (Å²) in [5.41, 5.74) is 0.778. The van der Waals surface area contributed by atoms with Crippen molar-refractivity contribution in [3.8, 4) is 6.07 Å². The number of nitro groups is 1. The second-order valence-electron chi connectivity index (χ2n) is 4.20. The van der Waals surface area contributed by atoms with E-state index in [1.165, 1.54) is 29.5 Å².